The molecular weight excluding hydrogens is 342 g/mol. The standard InChI is InChI=1S/C19H20ClNO4/c1-3-14-5-7-15(8-6-14)24-12-19(23)25-11-18(22)21-17-9-4-13(2)10-16(17)20/h4-10H,3,11-12H2,1-2H3,(H,21,22). The van der Waals surface area contributed by atoms with Crippen molar-refractivity contribution in [1.29, 1.82) is 0 Å². The molecule has 25 heavy (non-hydrogen) atoms. The van der Waals surface area contributed by atoms with Crippen molar-refractivity contribution >= 4 is 29.2 Å². The maximum absolute atomic E-state index is 11.8. The van der Waals surface area contributed by atoms with Gasteiger partial charge in [-0.05, 0) is 48.7 Å². The van der Waals surface area contributed by atoms with E-state index in [1.165, 1.54) is 5.56 Å². The lowest BCUT2D eigenvalue weighted by molar-refractivity contribution is -0.149. The summed E-state index contributed by atoms with van der Waals surface area (Å²) in [4.78, 5) is 23.5. The molecule has 0 heterocycles. The minimum atomic E-state index is -0.621. The number of ether oxygens (including phenoxy) is 2. The number of rotatable bonds is 7. The fraction of sp³-hybridized carbons (Fsp3) is 0.263. The molecule has 0 radical (unpaired) electrons. The third-order valence-corrected chi connectivity index (χ3v) is 3.76. The van der Waals surface area contributed by atoms with Gasteiger partial charge in [0.1, 0.15) is 5.75 Å². The van der Waals surface area contributed by atoms with Crippen LogP contribution in [-0.4, -0.2) is 25.1 Å². The van der Waals surface area contributed by atoms with E-state index in [9.17, 15) is 9.59 Å². The summed E-state index contributed by atoms with van der Waals surface area (Å²) in [6, 6.07) is 12.7. The molecule has 0 unspecified atom stereocenters. The van der Waals surface area contributed by atoms with Gasteiger partial charge in [-0.15, -0.1) is 0 Å². The quantitative estimate of drug-likeness (QED) is 0.762. The molecule has 0 aliphatic rings. The highest BCUT2D eigenvalue weighted by Gasteiger charge is 2.10. The van der Waals surface area contributed by atoms with Crippen molar-refractivity contribution in [2.24, 2.45) is 0 Å². The van der Waals surface area contributed by atoms with Crippen LogP contribution in [0.15, 0.2) is 42.5 Å². The highest BCUT2D eigenvalue weighted by atomic mass is 35.5. The normalized spacial score (nSPS) is 10.2. The average molecular weight is 362 g/mol. The van der Waals surface area contributed by atoms with Crippen LogP contribution in [0.2, 0.25) is 5.02 Å². The zero-order chi connectivity index (χ0) is 18.2. The molecule has 0 fully saturated rings. The zero-order valence-electron chi connectivity index (χ0n) is 14.2. The van der Waals surface area contributed by atoms with Crippen molar-refractivity contribution in [1.82, 2.24) is 0 Å². The van der Waals surface area contributed by atoms with Gasteiger partial charge < -0.3 is 14.8 Å². The van der Waals surface area contributed by atoms with E-state index in [1.54, 1.807) is 24.3 Å². The summed E-state index contributed by atoms with van der Waals surface area (Å²) < 4.78 is 10.2. The molecule has 0 saturated carbocycles. The number of hydrogen-bond acceptors (Lipinski definition) is 4. The number of esters is 1. The molecule has 0 bridgehead atoms. The molecule has 2 aromatic rings. The van der Waals surface area contributed by atoms with Gasteiger partial charge in [-0.2, -0.15) is 0 Å². The fourth-order valence-electron chi connectivity index (χ4n) is 2.06. The molecule has 0 saturated heterocycles. The van der Waals surface area contributed by atoms with Crippen molar-refractivity contribution in [3.63, 3.8) is 0 Å². The largest absolute Gasteiger partial charge is 0.482 e. The Labute approximate surface area is 151 Å². The van der Waals surface area contributed by atoms with Crippen LogP contribution in [0.5, 0.6) is 5.75 Å². The van der Waals surface area contributed by atoms with Gasteiger partial charge in [-0.25, -0.2) is 4.79 Å². The molecule has 0 aliphatic carbocycles. The van der Waals surface area contributed by atoms with Crippen molar-refractivity contribution < 1.29 is 19.1 Å². The third kappa shape index (κ3) is 6.12. The summed E-state index contributed by atoms with van der Waals surface area (Å²) in [5.74, 6) is -0.513. The minimum absolute atomic E-state index is 0.260. The topological polar surface area (TPSA) is 64.6 Å². The van der Waals surface area contributed by atoms with Gasteiger partial charge in [0.05, 0.1) is 10.7 Å². The first-order valence-corrected chi connectivity index (χ1v) is 8.29. The van der Waals surface area contributed by atoms with Crippen LogP contribution in [0.25, 0.3) is 0 Å². The van der Waals surface area contributed by atoms with Gasteiger partial charge in [0.25, 0.3) is 5.91 Å². The zero-order valence-corrected chi connectivity index (χ0v) is 14.9. The van der Waals surface area contributed by atoms with Crippen molar-refractivity contribution in [2.45, 2.75) is 20.3 Å². The molecule has 1 N–H and O–H groups in total. The molecular formula is C19H20ClNO4. The number of aryl methyl sites for hydroxylation is 2. The van der Waals surface area contributed by atoms with Crippen molar-refractivity contribution in [3.05, 3.63) is 58.6 Å². The van der Waals surface area contributed by atoms with Gasteiger partial charge in [-0.1, -0.05) is 36.7 Å². The SMILES string of the molecule is CCc1ccc(OCC(=O)OCC(=O)Nc2ccc(C)cc2Cl)cc1. The predicted molar refractivity (Wildman–Crippen MR) is 97.1 cm³/mol. The van der Waals surface area contributed by atoms with E-state index in [2.05, 4.69) is 12.2 Å². The van der Waals surface area contributed by atoms with E-state index in [0.717, 1.165) is 12.0 Å². The number of benzene rings is 2. The first-order chi connectivity index (χ1) is 12.0. The van der Waals surface area contributed by atoms with Crippen LogP contribution in [0.3, 0.4) is 0 Å². The Balaban J connectivity index is 1.74. The molecule has 1 amide bonds. The number of amides is 1. The Hall–Kier alpha value is -2.53. The molecule has 2 rings (SSSR count). The second-order valence-electron chi connectivity index (χ2n) is 5.48. The van der Waals surface area contributed by atoms with E-state index in [4.69, 9.17) is 21.1 Å². The first-order valence-electron chi connectivity index (χ1n) is 7.91. The lowest BCUT2D eigenvalue weighted by atomic mass is 10.2. The highest BCUT2D eigenvalue weighted by Crippen LogP contribution is 2.22. The van der Waals surface area contributed by atoms with E-state index in [0.29, 0.717) is 16.5 Å². The van der Waals surface area contributed by atoms with Crippen LogP contribution in [-0.2, 0) is 20.7 Å². The van der Waals surface area contributed by atoms with Crippen molar-refractivity contribution in [3.8, 4) is 5.75 Å². The van der Waals surface area contributed by atoms with Crippen LogP contribution < -0.4 is 10.1 Å². The van der Waals surface area contributed by atoms with Gasteiger partial charge in [-0.3, -0.25) is 4.79 Å². The van der Waals surface area contributed by atoms with Crippen molar-refractivity contribution in [2.75, 3.05) is 18.5 Å². The summed E-state index contributed by atoms with van der Waals surface area (Å²) in [7, 11) is 0. The Morgan fingerprint density at radius 2 is 1.80 bits per heavy atom. The average Bonchev–Trinajstić information content (AvgIpc) is 2.61. The second kappa shape index (κ2) is 9.08. The predicted octanol–water partition coefficient (Wildman–Crippen LogP) is 3.77. The van der Waals surface area contributed by atoms with Gasteiger partial charge >= 0.3 is 5.97 Å². The summed E-state index contributed by atoms with van der Waals surface area (Å²) in [5, 5.41) is 3.02. The van der Waals surface area contributed by atoms with Crippen LogP contribution >= 0.6 is 11.6 Å². The number of halogens is 1. The Kier molecular flexibility index (Phi) is 6.83. The van der Waals surface area contributed by atoms with Crippen LogP contribution in [0, 0.1) is 6.92 Å². The number of carbonyl (C=O) groups excluding carboxylic acids is 2. The molecule has 6 heteroatoms. The monoisotopic (exact) mass is 361 g/mol. The molecule has 0 atom stereocenters. The molecule has 2 aromatic carbocycles. The van der Waals surface area contributed by atoms with Crippen LogP contribution in [0.1, 0.15) is 18.1 Å². The second-order valence-corrected chi connectivity index (χ2v) is 5.89. The maximum atomic E-state index is 11.8. The summed E-state index contributed by atoms with van der Waals surface area (Å²) in [5.41, 5.74) is 2.64. The Morgan fingerprint density at radius 3 is 2.44 bits per heavy atom. The number of hydrogen-bond donors (Lipinski definition) is 1. The Morgan fingerprint density at radius 1 is 1.08 bits per heavy atom. The summed E-state index contributed by atoms with van der Waals surface area (Å²) in [6.45, 7) is 3.29. The molecule has 5 nitrogen and oxygen atoms in total. The number of nitrogens with one attached hydrogen (secondary N) is 1. The van der Waals surface area contributed by atoms with E-state index < -0.39 is 18.5 Å². The fourth-order valence-corrected chi connectivity index (χ4v) is 2.34. The molecule has 0 spiro atoms. The molecule has 0 aliphatic heterocycles. The third-order valence-electron chi connectivity index (χ3n) is 3.45. The minimum Gasteiger partial charge on any atom is -0.482 e. The number of anilines is 1. The van der Waals surface area contributed by atoms with Crippen LogP contribution in [0.4, 0.5) is 5.69 Å². The lowest BCUT2D eigenvalue weighted by Gasteiger charge is -2.09. The van der Waals surface area contributed by atoms with Gasteiger partial charge in [0.2, 0.25) is 0 Å². The maximum Gasteiger partial charge on any atom is 0.344 e. The summed E-state index contributed by atoms with van der Waals surface area (Å²) >= 11 is 6.03. The first kappa shape index (κ1) is 18.8. The smallest absolute Gasteiger partial charge is 0.344 e. The van der Waals surface area contributed by atoms with Gasteiger partial charge in [0.15, 0.2) is 13.2 Å². The molecule has 0 aromatic heterocycles. The van der Waals surface area contributed by atoms with Gasteiger partial charge in [0, 0.05) is 0 Å². The Bertz CT molecular complexity index is 744. The van der Waals surface area contributed by atoms with E-state index >= 15 is 0 Å². The molecule has 132 valence electrons. The van der Waals surface area contributed by atoms with E-state index in [1.807, 2.05) is 25.1 Å². The van der Waals surface area contributed by atoms with E-state index in [-0.39, 0.29) is 6.61 Å². The highest BCUT2D eigenvalue weighted by molar-refractivity contribution is 6.33. The number of carbonyl (C=O) groups is 2. The summed E-state index contributed by atoms with van der Waals surface area (Å²) in [6.07, 6.45) is 0.933. The lowest BCUT2D eigenvalue weighted by Crippen LogP contribution is -2.23.